The predicted octanol–water partition coefficient (Wildman–Crippen LogP) is -0.0923. The van der Waals surface area contributed by atoms with Crippen molar-refractivity contribution in [1.29, 1.82) is 0 Å². The van der Waals surface area contributed by atoms with Crippen LogP contribution in [0.25, 0.3) is 0 Å². The molecule has 0 radical (unpaired) electrons. The Morgan fingerprint density at radius 3 is 2.94 bits per heavy atom. The number of carbonyl (C=O) groups excluding carboxylic acids is 1. The molecule has 2 aliphatic rings. The fourth-order valence-electron chi connectivity index (χ4n) is 2.01. The predicted molar refractivity (Wildman–Crippen MR) is 63.8 cm³/mol. The fourth-order valence-corrected chi connectivity index (χ4v) is 2.01. The summed E-state index contributed by atoms with van der Waals surface area (Å²) < 4.78 is 10.8. The first kappa shape index (κ1) is 12.8. The van der Waals surface area contributed by atoms with E-state index in [1.54, 1.807) is 7.11 Å². The summed E-state index contributed by atoms with van der Waals surface area (Å²) in [6, 6.07) is 0. The van der Waals surface area contributed by atoms with Crippen molar-refractivity contribution in [2.24, 2.45) is 5.92 Å². The molecule has 0 aromatic heterocycles. The van der Waals surface area contributed by atoms with Gasteiger partial charge in [0, 0.05) is 33.2 Å². The molecule has 1 heterocycles. The molecular formula is C12H22N2O3. The van der Waals surface area contributed by atoms with Crippen molar-refractivity contribution in [1.82, 2.24) is 10.6 Å². The molecule has 2 fully saturated rings. The van der Waals surface area contributed by atoms with Crippen LogP contribution in [0.4, 0.5) is 0 Å². The van der Waals surface area contributed by atoms with Crippen molar-refractivity contribution in [2.45, 2.75) is 24.9 Å². The molecular weight excluding hydrogens is 220 g/mol. The molecule has 0 bridgehead atoms. The normalized spacial score (nSPS) is 28.3. The molecule has 5 nitrogen and oxygen atoms in total. The highest BCUT2D eigenvalue weighted by Gasteiger charge is 2.34. The van der Waals surface area contributed by atoms with Crippen LogP contribution in [-0.4, -0.2) is 51.5 Å². The quantitative estimate of drug-likeness (QED) is 0.655. The topological polar surface area (TPSA) is 59.6 Å². The molecule has 2 N–H and O–H groups in total. The maximum absolute atomic E-state index is 11.5. The first-order chi connectivity index (χ1) is 8.24. The molecule has 1 aliphatic heterocycles. The highest BCUT2D eigenvalue weighted by Crippen LogP contribution is 2.27. The van der Waals surface area contributed by atoms with Crippen molar-refractivity contribution < 1.29 is 14.3 Å². The Morgan fingerprint density at radius 1 is 1.53 bits per heavy atom. The van der Waals surface area contributed by atoms with Gasteiger partial charge in [0.2, 0.25) is 5.91 Å². The van der Waals surface area contributed by atoms with Crippen LogP contribution < -0.4 is 10.6 Å². The van der Waals surface area contributed by atoms with E-state index in [0.717, 1.165) is 25.5 Å². The Morgan fingerprint density at radius 2 is 2.35 bits per heavy atom. The van der Waals surface area contributed by atoms with Gasteiger partial charge in [-0.2, -0.15) is 0 Å². The summed E-state index contributed by atoms with van der Waals surface area (Å²) in [7, 11) is 1.70. The minimum absolute atomic E-state index is 0.0714. The Balaban J connectivity index is 1.58. The summed E-state index contributed by atoms with van der Waals surface area (Å²) >= 11 is 0. The van der Waals surface area contributed by atoms with Crippen molar-refractivity contribution in [2.75, 3.05) is 40.0 Å². The lowest BCUT2D eigenvalue weighted by Crippen LogP contribution is -2.46. The van der Waals surface area contributed by atoms with Crippen LogP contribution >= 0.6 is 0 Å². The van der Waals surface area contributed by atoms with Gasteiger partial charge in [-0.1, -0.05) is 0 Å². The molecule has 1 atom stereocenters. The first-order valence-corrected chi connectivity index (χ1v) is 6.34. The molecule has 1 saturated carbocycles. The summed E-state index contributed by atoms with van der Waals surface area (Å²) in [5.41, 5.74) is -0.239. The molecule has 1 amide bonds. The molecule has 17 heavy (non-hydrogen) atoms. The zero-order valence-electron chi connectivity index (χ0n) is 10.5. The van der Waals surface area contributed by atoms with Gasteiger partial charge < -0.3 is 20.1 Å². The summed E-state index contributed by atoms with van der Waals surface area (Å²) in [4.78, 5) is 11.5. The number of nitrogens with one attached hydrogen (secondary N) is 2. The van der Waals surface area contributed by atoms with Crippen molar-refractivity contribution in [3.05, 3.63) is 0 Å². The smallest absolute Gasteiger partial charge is 0.233 e. The molecule has 1 unspecified atom stereocenters. The van der Waals surface area contributed by atoms with E-state index in [4.69, 9.17) is 9.47 Å². The third-order valence-corrected chi connectivity index (χ3v) is 3.52. The highest BCUT2D eigenvalue weighted by atomic mass is 16.5. The van der Waals surface area contributed by atoms with Crippen LogP contribution in [0.5, 0.6) is 0 Å². The SMILES string of the molecule is COC1(CNCC(=O)NCC2CC2)CCOC1. The Bertz CT molecular complexity index is 260. The molecule has 98 valence electrons. The minimum Gasteiger partial charge on any atom is -0.378 e. The Kier molecular flexibility index (Phi) is 4.36. The number of hydrogen-bond acceptors (Lipinski definition) is 4. The van der Waals surface area contributed by atoms with Crippen LogP contribution in [0.15, 0.2) is 0 Å². The zero-order chi connectivity index (χ0) is 12.1. The van der Waals surface area contributed by atoms with E-state index in [-0.39, 0.29) is 11.5 Å². The molecule has 1 saturated heterocycles. The second-order valence-corrected chi connectivity index (χ2v) is 5.04. The van der Waals surface area contributed by atoms with E-state index < -0.39 is 0 Å². The lowest BCUT2D eigenvalue weighted by molar-refractivity contribution is -0.120. The van der Waals surface area contributed by atoms with E-state index in [1.165, 1.54) is 12.8 Å². The van der Waals surface area contributed by atoms with Crippen LogP contribution in [0.3, 0.4) is 0 Å². The van der Waals surface area contributed by atoms with Gasteiger partial charge in [0.15, 0.2) is 0 Å². The standard InChI is InChI=1S/C12H22N2O3/c1-16-12(4-5-17-9-12)8-13-7-11(15)14-6-10-2-3-10/h10,13H,2-9H2,1H3,(H,14,15). The highest BCUT2D eigenvalue weighted by molar-refractivity contribution is 5.78. The third-order valence-electron chi connectivity index (χ3n) is 3.52. The van der Waals surface area contributed by atoms with Gasteiger partial charge in [-0.25, -0.2) is 0 Å². The monoisotopic (exact) mass is 242 g/mol. The number of hydrogen-bond donors (Lipinski definition) is 2. The van der Waals surface area contributed by atoms with Gasteiger partial charge in [-0.3, -0.25) is 4.79 Å². The fraction of sp³-hybridized carbons (Fsp3) is 0.917. The van der Waals surface area contributed by atoms with Gasteiger partial charge in [-0.05, 0) is 18.8 Å². The van der Waals surface area contributed by atoms with Crippen LogP contribution in [0.2, 0.25) is 0 Å². The first-order valence-electron chi connectivity index (χ1n) is 6.34. The van der Waals surface area contributed by atoms with Gasteiger partial charge in [0.1, 0.15) is 5.60 Å². The molecule has 1 aliphatic carbocycles. The number of ether oxygens (including phenoxy) is 2. The average Bonchev–Trinajstić information content (AvgIpc) is 3.05. The third kappa shape index (κ3) is 3.94. The van der Waals surface area contributed by atoms with Crippen LogP contribution in [0.1, 0.15) is 19.3 Å². The molecule has 5 heteroatoms. The van der Waals surface area contributed by atoms with E-state index in [9.17, 15) is 4.79 Å². The van der Waals surface area contributed by atoms with Gasteiger partial charge >= 0.3 is 0 Å². The molecule has 2 rings (SSSR count). The van der Waals surface area contributed by atoms with Crippen molar-refractivity contribution in [3.8, 4) is 0 Å². The summed E-state index contributed by atoms with van der Waals surface area (Å²) in [5.74, 6) is 0.801. The summed E-state index contributed by atoms with van der Waals surface area (Å²) in [5, 5.41) is 6.07. The van der Waals surface area contributed by atoms with Crippen molar-refractivity contribution in [3.63, 3.8) is 0 Å². The molecule has 0 aromatic rings. The number of methoxy groups -OCH3 is 1. The van der Waals surface area contributed by atoms with Crippen LogP contribution in [0, 0.1) is 5.92 Å². The van der Waals surface area contributed by atoms with E-state index in [1.807, 2.05) is 0 Å². The maximum Gasteiger partial charge on any atom is 0.233 e. The minimum atomic E-state index is -0.239. The second-order valence-electron chi connectivity index (χ2n) is 5.04. The Labute approximate surface area is 102 Å². The molecule has 0 aromatic carbocycles. The second kappa shape index (κ2) is 5.80. The molecule has 0 spiro atoms. The average molecular weight is 242 g/mol. The van der Waals surface area contributed by atoms with E-state index in [0.29, 0.717) is 19.7 Å². The van der Waals surface area contributed by atoms with E-state index >= 15 is 0 Å². The lowest BCUT2D eigenvalue weighted by atomic mass is 10.0. The number of carbonyl (C=O) groups is 1. The maximum atomic E-state index is 11.5. The largest absolute Gasteiger partial charge is 0.378 e. The van der Waals surface area contributed by atoms with E-state index in [2.05, 4.69) is 10.6 Å². The van der Waals surface area contributed by atoms with Crippen LogP contribution in [-0.2, 0) is 14.3 Å². The number of rotatable bonds is 7. The zero-order valence-corrected chi connectivity index (χ0v) is 10.5. The van der Waals surface area contributed by atoms with Gasteiger partial charge in [-0.15, -0.1) is 0 Å². The lowest BCUT2D eigenvalue weighted by Gasteiger charge is -2.25. The summed E-state index contributed by atoms with van der Waals surface area (Å²) in [6.45, 7) is 3.21. The number of amides is 1. The Hall–Kier alpha value is -0.650. The summed E-state index contributed by atoms with van der Waals surface area (Å²) in [6.07, 6.45) is 3.41. The van der Waals surface area contributed by atoms with Gasteiger partial charge in [0.05, 0.1) is 13.2 Å². The van der Waals surface area contributed by atoms with Crippen molar-refractivity contribution >= 4 is 5.91 Å². The van der Waals surface area contributed by atoms with Gasteiger partial charge in [0.25, 0.3) is 0 Å².